The summed E-state index contributed by atoms with van der Waals surface area (Å²) in [5.41, 5.74) is 3.18. The van der Waals surface area contributed by atoms with Gasteiger partial charge in [-0.25, -0.2) is 9.67 Å². The summed E-state index contributed by atoms with van der Waals surface area (Å²) in [7, 11) is 0. The van der Waals surface area contributed by atoms with Gasteiger partial charge in [-0.3, -0.25) is 4.79 Å². The quantitative estimate of drug-likeness (QED) is 0.793. The molecular formula is C18H22N6O. The van der Waals surface area contributed by atoms with Gasteiger partial charge in [0.25, 0.3) is 5.91 Å². The predicted octanol–water partition coefficient (Wildman–Crippen LogP) is 2.67. The summed E-state index contributed by atoms with van der Waals surface area (Å²) in [5.74, 6) is -0.212. The lowest BCUT2D eigenvalue weighted by atomic mass is 9.96. The number of aryl methyl sites for hydroxylation is 1. The Morgan fingerprint density at radius 2 is 2.08 bits per heavy atom. The van der Waals surface area contributed by atoms with Crippen LogP contribution in [-0.2, 0) is 6.54 Å². The van der Waals surface area contributed by atoms with E-state index in [0.717, 1.165) is 29.9 Å². The molecule has 1 saturated carbocycles. The van der Waals surface area contributed by atoms with Crippen molar-refractivity contribution < 1.29 is 4.79 Å². The summed E-state index contributed by atoms with van der Waals surface area (Å²) >= 11 is 0. The number of carbonyl (C=O) groups is 1. The van der Waals surface area contributed by atoms with Crippen molar-refractivity contribution >= 4 is 11.6 Å². The van der Waals surface area contributed by atoms with Crippen LogP contribution in [0.4, 0.5) is 0 Å². The second kappa shape index (κ2) is 6.66. The summed E-state index contributed by atoms with van der Waals surface area (Å²) in [6.07, 6.45) is 9.68. The van der Waals surface area contributed by atoms with E-state index in [4.69, 9.17) is 0 Å². The number of imidazole rings is 1. The average Bonchev–Trinajstić information content (AvgIpc) is 3.28. The van der Waals surface area contributed by atoms with Gasteiger partial charge in [0.15, 0.2) is 5.69 Å². The van der Waals surface area contributed by atoms with Gasteiger partial charge in [0.2, 0.25) is 0 Å². The number of rotatable bonds is 4. The standard InChI is InChI=1S/C18H22N6O/c1-13-6-5-9-17-20-14(11-23(13)17)10-19-18(25)16-12-24(22-21-16)15-7-3-2-4-8-15/h5-6,9,11-12,15H,2-4,7-8,10H2,1H3,(H,19,25). The first-order valence-corrected chi connectivity index (χ1v) is 8.84. The van der Waals surface area contributed by atoms with Crippen molar-refractivity contribution in [3.8, 4) is 0 Å². The Kier molecular flexibility index (Phi) is 4.21. The number of nitrogens with zero attached hydrogens (tertiary/aromatic N) is 5. The molecule has 0 bridgehead atoms. The molecule has 3 heterocycles. The lowest BCUT2D eigenvalue weighted by molar-refractivity contribution is 0.0945. The summed E-state index contributed by atoms with van der Waals surface area (Å²) in [6.45, 7) is 2.40. The predicted molar refractivity (Wildman–Crippen MR) is 93.2 cm³/mol. The van der Waals surface area contributed by atoms with Crippen LogP contribution < -0.4 is 5.32 Å². The third kappa shape index (κ3) is 3.26. The van der Waals surface area contributed by atoms with Gasteiger partial charge < -0.3 is 9.72 Å². The third-order valence-corrected chi connectivity index (χ3v) is 4.87. The number of carbonyl (C=O) groups excluding carboxylic acids is 1. The first-order chi connectivity index (χ1) is 12.2. The number of aromatic nitrogens is 5. The van der Waals surface area contributed by atoms with Gasteiger partial charge in [-0.15, -0.1) is 5.10 Å². The van der Waals surface area contributed by atoms with Gasteiger partial charge in [-0.1, -0.05) is 30.5 Å². The zero-order chi connectivity index (χ0) is 17.2. The Bertz CT molecular complexity index is 890. The van der Waals surface area contributed by atoms with Crippen LogP contribution in [0, 0.1) is 6.92 Å². The molecule has 25 heavy (non-hydrogen) atoms. The molecule has 7 nitrogen and oxygen atoms in total. The topological polar surface area (TPSA) is 77.1 Å². The third-order valence-electron chi connectivity index (χ3n) is 4.87. The average molecular weight is 338 g/mol. The van der Waals surface area contributed by atoms with Gasteiger partial charge in [0.1, 0.15) is 5.65 Å². The smallest absolute Gasteiger partial charge is 0.273 e. The van der Waals surface area contributed by atoms with Crippen LogP contribution in [0.2, 0.25) is 0 Å². The summed E-state index contributed by atoms with van der Waals surface area (Å²) < 4.78 is 3.86. The molecule has 4 rings (SSSR count). The van der Waals surface area contributed by atoms with Crippen molar-refractivity contribution in [3.63, 3.8) is 0 Å². The molecule has 1 aliphatic rings. The molecule has 1 amide bonds. The molecule has 0 unspecified atom stereocenters. The first kappa shape index (κ1) is 15.8. The van der Waals surface area contributed by atoms with Crippen molar-refractivity contribution in [2.45, 2.75) is 51.6 Å². The SMILES string of the molecule is Cc1cccc2nc(CNC(=O)c3cn(C4CCCCC4)nn3)cn12. The van der Waals surface area contributed by atoms with E-state index in [1.807, 2.05) is 40.4 Å². The fourth-order valence-electron chi connectivity index (χ4n) is 3.45. The highest BCUT2D eigenvalue weighted by Gasteiger charge is 2.19. The Morgan fingerprint density at radius 1 is 1.24 bits per heavy atom. The number of hydrogen-bond acceptors (Lipinski definition) is 4. The summed E-state index contributed by atoms with van der Waals surface area (Å²) in [6, 6.07) is 6.34. The van der Waals surface area contributed by atoms with Crippen LogP contribution in [-0.4, -0.2) is 30.3 Å². The minimum atomic E-state index is -0.212. The zero-order valence-corrected chi connectivity index (χ0v) is 14.4. The maximum absolute atomic E-state index is 12.3. The van der Waals surface area contributed by atoms with Crippen LogP contribution in [0.1, 0.15) is 60.0 Å². The second-order valence-electron chi connectivity index (χ2n) is 6.69. The van der Waals surface area contributed by atoms with E-state index in [1.165, 1.54) is 19.3 Å². The highest BCUT2D eigenvalue weighted by atomic mass is 16.2. The molecule has 0 atom stereocenters. The lowest BCUT2D eigenvalue weighted by Gasteiger charge is -2.20. The van der Waals surface area contributed by atoms with Crippen molar-refractivity contribution in [1.82, 2.24) is 29.7 Å². The van der Waals surface area contributed by atoms with Gasteiger partial charge in [-0.05, 0) is 31.9 Å². The zero-order valence-electron chi connectivity index (χ0n) is 14.4. The summed E-state index contributed by atoms with van der Waals surface area (Å²) in [5, 5.41) is 11.1. The molecule has 3 aromatic heterocycles. The van der Waals surface area contributed by atoms with Gasteiger partial charge >= 0.3 is 0 Å². The van der Waals surface area contributed by atoms with E-state index < -0.39 is 0 Å². The highest BCUT2D eigenvalue weighted by molar-refractivity contribution is 5.91. The Hall–Kier alpha value is -2.70. The largest absolute Gasteiger partial charge is 0.345 e. The summed E-state index contributed by atoms with van der Waals surface area (Å²) in [4.78, 5) is 16.9. The van der Waals surface area contributed by atoms with E-state index >= 15 is 0 Å². The van der Waals surface area contributed by atoms with Crippen LogP contribution >= 0.6 is 0 Å². The molecule has 0 radical (unpaired) electrons. The maximum Gasteiger partial charge on any atom is 0.273 e. The minimum absolute atomic E-state index is 0.212. The number of nitrogens with one attached hydrogen (secondary N) is 1. The normalized spacial score (nSPS) is 15.6. The van der Waals surface area contributed by atoms with E-state index in [1.54, 1.807) is 6.20 Å². The van der Waals surface area contributed by atoms with Gasteiger partial charge in [-0.2, -0.15) is 0 Å². The molecule has 1 fully saturated rings. The number of pyridine rings is 1. The van der Waals surface area contributed by atoms with Crippen molar-refractivity contribution in [3.05, 3.63) is 47.7 Å². The number of fused-ring (bicyclic) bond motifs is 1. The number of hydrogen-bond donors (Lipinski definition) is 1. The lowest BCUT2D eigenvalue weighted by Crippen LogP contribution is -2.23. The maximum atomic E-state index is 12.3. The minimum Gasteiger partial charge on any atom is -0.345 e. The van der Waals surface area contributed by atoms with E-state index in [2.05, 4.69) is 20.6 Å². The molecule has 1 aliphatic carbocycles. The van der Waals surface area contributed by atoms with Crippen LogP contribution in [0.25, 0.3) is 5.65 Å². The Labute approximate surface area is 146 Å². The van der Waals surface area contributed by atoms with Crippen LogP contribution in [0.5, 0.6) is 0 Å². The van der Waals surface area contributed by atoms with Crippen LogP contribution in [0.3, 0.4) is 0 Å². The van der Waals surface area contributed by atoms with Gasteiger partial charge in [0.05, 0.1) is 24.5 Å². The van der Waals surface area contributed by atoms with E-state index in [-0.39, 0.29) is 5.91 Å². The van der Waals surface area contributed by atoms with E-state index in [9.17, 15) is 4.79 Å². The van der Waals surface area contributed by atoms with E-state index in [0.29, 0.717) is 18.3 Å². The van der Waals surface area contributed by atoms with Crippen molar-refractivity contribution in [1.29, 1.82) is 0 Å². The molecule has 0 aliphatic heterocycles. The molecule has 1 N–H and O–H groups in total. The fourth-order valence-corrected chi connectivity index (χ4v) is 3.45. The first-order valence-electron chi connectivity index (χ1n) is 8.84. The molecule has 7 heteroatoms. The molecule has 3 aromatic rings. The molecule has 0 aromatic carbocycles. The molecular weight excluding hydrogens is 316 g/mol. The molecule has 0 saturated heterocycles. The second-order valence-corrected chi connectivity index (χ2v) is 6.69. The highest BCUT2D eigenvalue weighted by Crippen LogP contribution is 2.27. The number of amides is 1. The van der Waals surface area contributed by atoms with Crippen molar-refractivity contribution in [2.24, 2.45) is 0 Å². The fraction of sp³-hybridized carbons (Fsp3) is 0.444. The molecule has 130 valence electrons. The van der Waals surface area contributed by atoms with Gasteiger partial charge in [0, 0.05) is 11.9 Å². The monoisotopic (exact) mass is 338 g/mol. The van der Waals surface area contributed by atoms with Crippen LogP contribution in [0.15, 0.2) is 30.6 Å². The van der Waals surface area contributed by atoms with Crippen molar-refractivity contribution in [2.75, 3.05) is 0 Å². The Balaban J connectivity index is 1.41. The Morgan fingerprint density at radius 3 is 2.88 bits per heavy atom. The molecule has 0 spiro atoms.